The van der Waals surface area contributed by atoms with Gasteiger partial charge in [0.2, 0.25) is 0 Å². The first-order valence-electron chi connectivity index (χ1n) is 12.4. The standard InChI is InChI=1S/C29H26N2O7/c1-2-26(32)38-21-9-5-18(6-10-21)27(33)30-19-7-11-20(12-8-19)37-22-13-14-24-25(16-22)29(35)31(28(24)34)17-23-4-3-15-36-23/h5-14,16,23H,2-4,15,17H2,1H3,(H,30,33). The van der Waals surface area contributed by atoms with E-state index in [9.17, 15) is 19.2 Å². The molecule has 1 saturated heterocycles. The summed E-state index contributed by atoms with van der Waals surface area (Å²) in [6, 6.07) is 17.9. The molecule has 0 saturated carbocycles. The normalized spacial score (nSPS) is 16.3. The molecular weight excluding hydrogens is 488 g/mol. The smallest absolute Gasteiger partial charge is 0.310 e. The first kappa shape index (κ1) is 25.2. The summed E-state index contributed by atoms with van der Waals surface area (Å²) in [5, 5.41) is 2.80. The van der Waals surface area contributed by atoms with Gasteiger partial charge in [0, 0.05) is 24.3 Å². The Morgan fingerprint density at radius 1 is 0.921 bits per heavy atom. The van der Waals surface area contributed by atoms with Crippen molar-refractivity contribution in [2.45, 2.75) is 32.3 Å². The number of benzene rings is 3. The summed E-state index contributed by atoms with van der Waals surface area (Å²) in [5.41, 5.74) is 1.63. The Kier molecular flexibility index (Phi) is 7.19. The van der Waals surface area contributed by atoms with Crippen LogP contribution in [-0.2, 0) is 9.53 Å². The lowest BCUT2D eigenvalue weighted by Crippen LogP contribution is -2.36. The number of esters is 1. The Bertz CT molecular complexity index is 1380. The predicted molar refractivity (Wildman–Crippen MR) is 138 cm³/mol. The van der Waals surface area contributed by atoms with Crippen LogP contribution in [0, 0.1) is 0 Å². The largest absolute Gasteiger partial charge is 0.457 e. The second-order valence-electron chi connectivity index (χ2n) is 9.00. The van der Waals surface area contributed by atoms with E-state index < -0.39 is 0 Å². The fraction of sp³-hybridized carbons (Fsp3) is 0.241. The molecule has 0 spiro atoms. The first-order chi connectivity index (χ1) is 18.4. The predicted octanol–water partition coefficient (Wildman–Crippen LogP) is 4.82. The molecule has 38 heavy (non-hydrogen) atoms. The van der Waals surface area contributed by atoms with Crippen molar-refractivity contribution in [3.63, 3.8) is 0 Å². The van der Waals surface area contributed by atoms with Crippen LogP contribution in [0.2, 0.25) is 0 Å². The molecule has 3 aromatic rings. The van der Waals surface area contributed by atoms with Crippen LogP contribution < -0.4 is 14.8 Å². The lowest BCUT2D eigenvalue weighted by molar-refractivity contribution is -0.134. The van der Waals surface area contributed by atoms with Crippen molar-refractivity contribution in [3.05, 3.63) is 83.4 Å². The second-order valence-corrected chi connectivity index (χ2v) is 9.00. The molecular formula is C29H26N2O7. The maximum absolute atomic E-state index is 12.9. The zero-order chi connectivity index (χ0) is 26.6. The topological polar surface area (TPSA) is 111 Å². The molecule has 1 unspecified atom stereocenters. The molecule has 5 rings (SSSR count). The number of hydrogen-bond donors (Lipinski definition) is 1. The number of nitrogens with one attached hydrogen (secondary N) is 1. The van der Waals surface area contributed by atoms with Crippen molar-refractivity contribution >= 4 is 29.4 Å². The molecule has 3 amide bonds. The Morgan fingerprint density at radius 3 is 2.29 bits per heavy atom. The average Bonchev–Trinajstić information content (AvgIpc) is 3.53. The van der Waals surface area contributed by atoms with Gasteiger partial charge in [0.15, 0.2) is 0 Å². The third-order valence-corrected chi connectivity index (χ3v) is 6.34. The molecule has 1 N–H and O–H groups in total. The molecule has 3 aromatic carbocycles. The van der Waals surface area contributed by atoms with Crippen LogP contribution >= 0.6 is 0 Å². The lowest BCUT2D eigenvalue weighted by atomic mass is 10.1. The van der Waals surface area contributed by atoms with E-state index in [4.69, 9.17) is 14.2 Å². The van der Waals surface area contributed by atoms with Gasteiger partial charge in [-0.2, -0.15) is 0 Å². The van der Waals surface area contributed by atoms with Crippen molar-refractivity contribution < 1.29 is 33.4 Å². The molecule has 2 aliphatic rings. The zero-order valence-electron chi connectivity index (χ0n) is 20.8. The van der Waals surface area contributed by atoms with Gasteiger partial charge in [-0.15, -0.1) is 0 Å². The van der Waals surface area contributed by atoms with Crippen LogP contribution in [0.1, 0.15) is 57.3 Å². The van der Waals surface area contributed by atoms with Crippen LogP contribution in [-0.4, -0.2) is 47.8 Å². The number of fused-ring (bicyclic) bond motifs is 1. The molecule has 1 fully saturated rings. The van der Waals surface area contributed by atoms with E-state index in [1.54, 1.807) is 73.7 Å². The summed E-state index contributed by atoms with van der Waals surface area (Å²) in [6.07, 6.45) is 1.91. The summed E-state index contributed by atoms with van der Waals surface area (Å²) >= 11 is 0. The zero-order valence-corrected chi connectivity index (χ0v) is 20.8. The molecule has 1 atom stereocenters. The highest BCUT2D eigenvalue weighted by Crippen LogP contribution is 2.31. The van der Waals surface area contributed by atoms with E-state index in [0.717, 1.165) is 12.8 Å². The number of anilines is 1. The number of amides is 3. The summed E-state index contributed by atoms with van der Waals surface area (Å²) < 4.78 is 16.6. The van der Waals surface area contributed by atoms with Gasteiger partial charge in [0.05, 0.1) is 23.8 Å². The van der Waals surface area contributed by atoms with Crippen LogP contribution in [0.25, 0.3) is 0 Å². The third kappa shape index (κ3) is 5.42. The summed E-state index contributed by atoms with van der Waals surface area (Å²) in [6.45, 7) is 2.61. The van der Waals surface area contributed by atoms with Crippen molar-refractivity contribution in [2.24, 2.45) is 0 Å². The van der Waals surface area contributed by atoms with E-state index in [1.807, 2.05) is 0 Å². The number of nitrogens with zero attached hydrogens (tertiary/aromatic N) is 1. The van der Waals surface area contributed by atoms with Crippen molar-refractivity contribution in [2.75, 3.05) is 18.5 Å². The Morgan fingerprint density at radius 2 is 1.61 bits per heavy atom. The van der Waals surface area contributed by atoms with E-state index in [1.165, 1.54) is 4.90 Å². The Labute approximate surface area is 219 Å². The summed E-state index contributed by atoms with van der Waals surface area (Å²) in [5.74, 6) is -0.0304. The fourth-order valence-electron chi connectivity index (χ4n) is 4.31. The molecule has 9 heteroatoms. The van der Waals surface area contributed by atoms with Gasteiger partial charge in [-0.05, 0) is 79.6 Å². The highest BCUT2D eigenvalue weighted by molar-refractivity contribution is 6.21. The van der Waals surface area contributed by atoms with Crippen molar-refractivity contribution in [1.29, 1.82) is 0 Å². The first-order valence-corrected chi connectivity index (χ1v) is 12.4. The number of imide groups is 1. The SMILES string of the molecule is CCC(=O)Oc1ccc(C(=O)Nc2ccc(Oc3ccc4c(c3)C(=O)N(CC3CCCO3)C4=O)cc2)cc1. The maximum Gasteiger partial charge on any atom is 0.310 e. The van der Waals surface area contributed by atoms with Gasteiger partial charge < -0.3 is 19.5 Å². The minimum absolute atomic E-state index is 0.114. The van der Waals surface area contributed by atoms with Crippen LogP contribution in [0.15, 0.2) is 66.7 Å². The van der Waals surface area contributed by atoms with Gasteiger partial charge in [0.25, 0.3) is 17.7 Å². The monoisotopic (exact) mass is 514 g/mol. The second kappa shape index (κ2) is 10.9. The van der Waals surface area contributed by atoms with E-state index >= 15 is 0 Å². The quantitative estimate of drug-likeness (QED) is 0.261. The molecule has 194 valence electrons. The average molecular weight is 515 g/mol. The van der Waals surface area contributed by atoms with Crippen molar-refractivity contribution in [3.8, 4) is 17.2 Å². The van der Waals surface area contributed by atoms with Crippen molar-refractivity contribution in [1.82, 2.24) is 4.90 Å². The molecule has 0 aliphatic carbocycles. The van der Waals surface area contributed by atoms with Crippen LogP contribution in [0.5, 0.6) is 17.2 Å². The molecule has 2 heterocycles. The highest BCUT2D eigenvalue weighted by Gasteiger charge is 2.37. The number of rotatable bonds is 8. The number of carbonyl (C=O) groups is 4. The van der Waals surface area contributed by atoms with E-state index in [2.05, 4.69) is 5.32 Å². The van der Waals surface area contributed by atoms with Crippen LogP contribution in [0.3, 0.4) is 0 Å². The highest BCUT2D eigenvalue weighted by atomic mass is 16.5. The Balaban J connectivity index is 1.20. The molecule has 0 bridgehead atoms. The number of carbonyl (C=O) groups excluding carboxylic acids is 4. The molecule has 0 radical (unpaired) electrons. The molecule has 9 nitrogen and oxygen atoms in total. The summed E-state index contributed by atoms with van der Waals surface area (Å²) in [4.78, 5) is 50.8. The van der Waals surface area contributed by atoms with Crippen LogP contribution in [0.4, 0.5) is 5.69 Å². The minimum atomic E-state index is -0.347. The van der Waals surface area contributed by atoms with Gasteiger partial charge in [0.1, 0.15) is 17.2 Å². The lowest BCUT2D eigenvalue weighted by Gasteiger charge is -2.17. The van der Waals surface area contributed by atoms with E-state index in [0.29, 0.717) is 46.2 Å². The Hall–Kier alpha value is -4.50. The van der Waals surface area contributed by atoms with Gasteiger partial charge in [-0.1, -0.05) is 6.92 Å². The van der Waals surface area contributed by atoms with Gasteiger partial charge >= 0.3 is 5.97 Å². The van der Waals surface area contributed by atoms with Gasteiger partial charge in [-0.3, -0.25) is 24.1 Å². The fourth-order valence-corrected chi connectivity index (χ4v) is 4.31. The maximum atomic E-state index is 12.9. The third-order valence-electron chi connectivity index (χ3n) is 6.34. The molecule has 2 aliphatic heterocycles. The summed E-state index contributed by atoms with van der Waals surface area (Å²) in [7, 11) is 0. The molecule has 0 aromatic heterocycles. The minimum Gasteiger partial charge on any atom is -0.457 e. The van der Waals surface area contributed by atoms with Gasteiger partial charge in [-0.25, -0.2) is 0 Å². The number of ether oxygens (including phenoxy) is 3. The van der Waals surface area contributed by atoms with E-state index in [-0.39, 0.29) is 42.8 Å². The number of hydrogen-bond acceptors (Lipinski definition) is 7.